The van der Waals surface area contributed by atoms with E-state index >= 15 is 0 Å². The van der Waals surface area contributed by atoms with Crippen LogP contribution in [0.1, 0.15) is 30.6 Å². The summed E-state index contributed by atoms with van der Waals surface area (Å²) in [4.78, 5) is 38.6. The van der Waals surface area contributed by atoms with Gasteiger partial charge in [0.25, 0.3) is 5.91 Å². The minimum atomic E-state index is -0.513. The Balaban J connectivity index is 1.70. The number of ketones is 1. The molecule has 7 nitrogen and oxygen atoms in total. The number of nitrogens with one attached hydrogen (secondary N) is 1. The Morgan fingerprint density at radius 2 is 2.03 bits per heavy atom. The van der Waals surface area contributed by atoms with Crippen molar-refractivity contribution >= 4 is 34.9 Å². The molecule has 0 unspecified atom stereocenters. The predicted octanol–water partition coefficient (Wildman–Crippen LogP) is 3.63. The zero-order chi connectivity index (χ0) is 23.3. The summed E-state index contributed by atoms with van der Waals surface area (Å²) in [6.45, 7) is 3.93. The lowest BCUT2D eigenvalue weighted by Crippen LogP contribution is -2.45. The molecule has 1 aliphatic rings. The van der Waals surface area contributed by atoms with Crippen molar-refractivity contribution in [2.24, 2.45) is 5.92 Å². The van der Waals surface area contributed by atoms with Crippen molar-refractivity contribution in [1.82, 2.24) is 5.32 Å². The van der Waals surface area contributed by atoms with Gasteiger partial charge in [0, 0.05) is 12.1 Å². The molecule has 0 saturated carbocycles. The zero-order valence-corrected chi connectivity index (χ0v) is 18.6. The van der Waals surface area contributed by atoms with Crippen molar-refractivity contribution in [3.63, 3.8) is 0 Å². The zero-order valence-electron chi connectivity index (χ0n) is 17.8. The number of amides is 2. The van der Waals surface area contributed by atoms with Gasteiger partial charge in [0.05, 0.1) is 10.7 Å². The summed E-state index contributed by atoms with van der Waals surface area (Å²) in [5.41, 5.74) is 0.608. The highest BCUT2D eigenvalue weighted by Crippen LogP contribution is 2.33. The molecular weight excluding hydrogens is 439 g/mol. The lowest BCUT2D eigenvalue weighted by Gasteiger charge is -2.29. The Bertz CT molecular complexity index is 1030. The first-order valence-electron chi connectivity index (χ1n) is 10.2. The number of carbonyl (C=O) groups is 3. The van der Waals surface area contributed by atoms with Crippen LogP contribution in [0.3, 0.4) is 0 Å². The van der Waals surface area contributed by atoms with Crippen molar-refractivity contribution in [2.75, 3.05) is 31.2 Å². The van der Waals surface area contributed by atoms with E-state index in [9.17, 15) is 18.8 Å². The Kier molecular flexibility index (Phi) is 7.69. The normalized spacial score (nSPS) is 12.9. The fraction of sp³-hybridized carbons (Fsp3) is 0.348. The highest BCUT2D eigenvalue weighted by molar-refractivity contribution is 6.32. The molecule has 1 N–H and O–H groups in total. The summed E-state index contributed by atoms with van der Waals surface area (Å²) in [6.07, 6.45) is 0.829. The predicted molar refractivity (Wildman–Crippen MR) is 118 cm³/mol. The third kappa shape index (κ3) is 5.97. The molecular formula is C23H24ClFN2O5. The van der Waals surface area contributed by atoms with Crippen molar-refractivity contribution in [2.45, 2.75) is 20.3 Å². The average molecular weight is 463 g/mol. The number of anilines is 1. The number of nitrogens with zero attached hydrogens (tertiary/aromatic N) is 1. The Morgan fingerprint density at radius 3 is 2.75 bits per heavy atom. The average Bonchev–Trinajstić information content (AvgIpc) is 2.74. The van der Waals surface area contributed by atoms with Gasteiger partial charge in [-0.1, -0.05) is 25.4 Å². The molecule has 0 spiro atoms. The van der Waals surface area contributed by atoms with Crippen LogP contribution in [0.4, 0.5) is 10.1 Å². The largest absolute Gasteiger partial charge is 0.484 e. The van der Waals surface area contributed by atoms with E-state index in [-0.39, 0.29) is 53.7 Å². The van der Waals surface area contributed by atoms with Gasteiger partial charge < -0.3 is 14.8 Å². The Labute approximate surface area is 190 Å². The fourth-order valence-corrected chi connectivity index (χ4v) is 3.29. The number of benzene rings is 2. The van der Waals surface area contributed by atoms with Gasteiger partial charge in [-0.05, 0) is 48.7 Å². The van der Waals surface area contributed by atoms with Crippen LogP contribution in [-0.2, 0) is 9.59 Å². The number of Topliss-reactive ketones (excluding diaryl/α,β-unsaturated/α-hetero) is 1. The van der Waals surface area contributed by atoms with Crippen molar-refractivity contribution < 1.29 is 28.2 Å². The minimum Gasteiger partial charge on any atom is -0.484 e. The van der Waals surface area contributed by atoms with E-state index in [0.29, 0.717) is 23.9 Å². The third-order valence-electron chi connectivity index (χ3n) is 4.82. The van der Waals surface area contributed by atoms with Crippen LogP contribution >= 0.6 is 11.6 Å². The van der Waals surface area contributed by atoms with Crippen molar-refractivity contribution in [3.05, 3.63) is 52.8 Å². The number of hydrogen-bond donors (Lipinski definition) is 1. The van der Waals surface area contributed by atoms with Crippen LogP contribution < -0.4 is 19.7 Å². The van der Waals surface area contributed by atoms with Gasteiger partial charge in [-0.25, -0.2) is 4.39 Å². The summed E-state index contributed by atoms with van der Waals surface area (Å²) in [6, 6.07) is 8.22. The Hall–Kier alpha value is -3.13. The summed E-state index contributed by atoms with van der Waals surface area (Å²) < 4.78 is 24.0. The molecule has 1 aliphatic heterocycles. The second-order valence-corrected chi connectivity index (χ2v) is 8.18. The maximum Gasteiger partial charge on any atom is 0.265 e. The van der Waals surface area contributed by atoms with E-state index in [1.54, 1.807) is 12.1 Å². The number of fused-ring (bicyclic) bond motifs is 1. The van der Waals surface area contributed by atoms with Gasteiger partial charge in [0.1, 0.15) is 23.9 Å². The van der Waals surface area contributed by atoms with Crippen LogP contribution in [0.15, 0.2) is 36.4 Å². The SMILES string of the molecule is CC(C)CCNC(=O)CN1C(=O)COc2ccc(C(=O)COc3ccc(F)cc3Cl)cc21. The first kappa shape index (κ1) is 23.5. The number of hydrogen-bond acceptors (Lipinski definition) is 5. The molecule has 9 heteroatoms. The van der Waals surface area contributed by atoms with E-state index in [2.05, 4.69) is 19.2 Å². The molecule has 0 radical (unpaired) electrons. The standard InChI is InChI=1S/C23H24ClFN2O5/c1-14(2)7-8-26-22(29)11-27-18-9-15(3-5-21(18)32-13-23(27)30)19(28)12-31-20-6-4-16(25)10-17(20)24/h3-6,9-10,14H,7-8,11-13H2,1-2H3,(H,26,29). The molecule has 0 aliphatic carbocycles. The second-order valence-electron chi connectivity index (χ2n) is 7.77. The second kappa shape index (κ2) is 10.5. The number of carbonyl (C=O) groups excluding carboxylic acids is 3. The van der Waals surface area contributed by atoms with Gasteiger partial charge in [-0.2, -0.15) is 0 Å². The molecule has 0 fully saturated rings. The molecule has 1 heterocycles. The van der Waals surface area contributed by atoms with E-state index in [0.717, 1.165) is 12.5 Å². The summed E-state index contributed by atoms with van der Waals surface area (Å²) in [7, 11) is 0. The van der Waals surface area contributed by atoms with Gasteiger partial charge in [0.2, 0.25) is 5.91 Å². The molecule has 0 aromatic heterocycles. The van der Waals surface area contributed by atoms with E-state index in [1.807, 2.05) is 0 Å². The molecule has 0 bridgehead atoms. The third-order valence-corrected chi connectivity index (χ3v) is 5.12. The first-order chi connectivity index (χ1) is 15.2. The monoisotopic (exact) mass is 462 g/mol. The van der Waals surface area contributed by atoms with Crippen molar-refractivity contribution in [1.29, 1.82) is 0 Å². The van der Waals surface area contributed by atoms with Crippen LogP contribution in [0.25, 0.3) is 0 Å². The van der Waals surface area contributed by atoms with Crippen LogP contribution in [0, 0.1) is 11.7 Å². The quantitative estimate of drug-likeness (QED) is 0.575. The van der Waals surface area contributed by atoms with Gasteiger partial charge in [-0.3, -0.25) is 19.3 Å². The fourth-order valence-electron chi connectivity index (χ4n) is 3.07. The summed E-state index contributed by atoms with van der Waals surface area (Å²) >= 11 is 5.92. The lowest BCUT2D eigenvalue weighted by molar-refractivity contribution is -0.125. The molecule has 2 aromatic rings. The topological polar surface area (TPSA) is 84.9 Å². The van der Waals surface area contributed by atoms with E-state index in [1.165, 1.54) is 23.1 Å². The number of ether oxygens (including phenoxy) is 2. The van der Waals surface area contributed by atoms with Crippen LogP contribution in [0.2, 0.25) is 5.02 Å². The minimum absolute atomic E-state index is 0.0527. The van der Waals surface area contributed by atoms with E-state index in [4.69, 9.17) is 21.1 Å². The number of rotatable bonds is 9. The summed E-state index contributed by atoms with van der Waals surface area (Å²) in [5.74, 6) is -0.542. The summed E-state index contributed by atoms with van der Waals surface area (Å²) in [5, 5.41) is 2.85. The number of halogens is 2. The molecule has 0 saturated heterocycles. The first-order valence-corrected chi connectivity index (χ1v) is 10.6. The van der Waals surface area contributed by atoms with Gasteiger partial charge in [-0.15, -0.1) is 0 Å². The molecule has 32 heavy (non-hydrogen) atoms. The van der Waals surface area contributed by atoms with E-state index < -0.39 is 5.82 Å². The van der Waals surface area contributed by atoms with Crippen molar-refractivity contribution in [3.8, 4) is 11.5 Å². The van der Waals surface area contributed by atoms with Gasteiger partial charge in [0.15, 0.2) is 19.0 Å². The maximum absolute atomic E-state index is 13.2. The highest BCUT2D eigenvalue weighted by Gasteiger charge is 2.28. The smallest absolute Gasteiger partial charge is 0.265 e. The van der Waals surface area contributed by atoms with Crippen LogP contribution in [-0.4, -0.2) is 43.9 Å². The lowest BCUT2D eigenvalue weighted by atomic mass is 10.1. The Morgan fingerprint density at radius 1 is 1.25 bits per heavy atom. The molecule has 170 valence electrons. The molecule has 0 atom stereocenters. The van der Waals surface area contributed by atoms with Crippen LogP contribution in [0.5, 0.6) is 11.5 Å². The molecule has 2 amide bonds. The maximum atomic E-state index is 13.2. The highest BCUT2D eigenvalue weighted by atomic mass is 35.5. The molecule has 2 aromatic carbocycles. The van der Waals surface area contributed by atoms with Gasteiger partial charge >= 0.3 is 0 Å². The molecule has 3 rings (SSSR count).